The molecule has 182 valence electrons. The minimum Gasteiger partial charge on any atom is -0.378 e. The smallest absolute Gasteiger partial charge is 0.276 e. The molecule has 9 nitrogen and oxygen atoms in total. The molecule has 0 N–H and O–H groups in total. The first-order chi connectivity index (χ1) is 16.9. The zero-order valence-corrected chi connectivity index (χ0v) is 20.5. The molecule has 1 saturated heterocycles. The number of rotatable bonds is 4. The van der Waals surface area contributed by atoms with Crippen molar-refractivity contribution in [3.05, 3.63) is 76.1 Å². The van der Waals surface area contributed by atoms with Gasteiger partial charge in [0.2, 0.25) is 0 Å². The van der Waals surface area contributed by atoms with Crippen molar-refractivity contribution < 1.29 is 14.3 Å². The van der Waals surface area contributed by atoms with E-state index in [9.17, 15) is 9.59 Å². The first-order valence-electron chi connectivity index (χ1n) is 11.6. The third-order valence-corrected chi connectivity index (χ3v) is 6.76. The predicted octanol–water partition coefficient (Wildman–Crippen LogP) is 2.87. The molecule has 0 bridgehead atoms. The molecule has 0 aliphatic carbocycles. The average molecular weight is 495 g/mol. The van der Waals surface area contributed by atoms with Gasteiger partial charge in [0.15, 0.2) is 5.69 Å². The van der Waals surface area contributed by atoms with E-state index in [1.54, 1.807) is 14.5 Å². The summed E-state index contributed by atoms with van der Waals surface area (Å²) < 4.78 is 7.76. The maximum Gasteiger partial charge on any atom is 0.276 e. The molecular weight excluding hydrogens is 468 g/mol. The number of carbonyl (C=O) groups excluding carboxylic acids is 2. The van der Waals surface area contributed by atoms with E-state index < -0.39 is 0 Å². The molecule has 1 atom stereocenters. The summed E-state index contributed by atoms with van der Waals surface area (Å²) in [6.45, 7) is 2.55. The van der Waals surface area contributed by atoms with Gasteiger partial charge in [0.05, 0.1) is 18.8 Å². The second-order valence-electron chi connectivity index (χ2n) is 8.95. The molecule has 5 rings (SSSR count). The van der Waals surface area contributed by atoms with Gasteiger partial charge in [0.25, 0.3) is 11.8 Å². The minimum absolute atomic E-state index is 0.0246. The van der Waals surface area contributed by atoms with Crippen molar-refractivity contribution in [1.82, 2.24) is 24.8 Å². The second-order valence-corrected chi connectivity index (χ2v) is 9.38. The summed E-state index contributed by atoms with van der Waals surface area (Å²) in [5.74, 6) is -0.204. The molecule has 0 saturated carbocycles. The van der Waals surface area contributed by atoms with Crippen LogP contribution in [-0.2, 0) is 17.9 Å². The van der Waals surface area contributed by atoms with E-state index in [-0.39, 0.29) is 24.5 Å². The lowest BCUT2D eigenvalue weighted by atomic mass is 10.1. The van der Waals surface area contributed by atoms with Crippen molar-refractivity contribution in [3.8, 4) is 0 Å². The highest BCUT2D eigenvalue weighted by Crippen LogP contribution is 2.28. The van der Waals surface area contributed by atoms with Crippen molar-refractivity contribution in [2.75, 3.05) is 45.2 Å². The van der Waals surface area contributed by atoms with Crippen molar-refractivity contribution in [2.45, 2.75) is 19.3 Å². The molecule has 0 spiro atoms. The Labute approximate surface area is 208 Å². The van der Waals surface area contributed by atoms with Gasteiger partial charge in [-0.2, -0.15) is 0 Å². The average Bonchev–Trinajstić information content (AvgIpc) is 3.32. The summed E-state index contributed by atoms with van der Waals surface area (Å²) >= 11 is 5.98. The molecule has 0 radical (unpaired) electrons. The maximum atomic E-state index is 13.2. The molecule has 2 amide bonds. The van der Waals surface area contributed by atoms with Crippen LogP contribution in [0.25, 0.3) is 0 Å². The van der Waals surface area contributed by atoms with Gasteiger partial charge in [-0.15, -0.1) is 5.10 Å². The monoisotopic (exact) mass is 494 g/mol. The highest BCUT2D eigenvalue weighted by molar-refractivity contribution is 6.30. The summed E-state index contributed by atoms with van der Waals surface area (Å²) in [6.07, 6.45) is -0.176. The van der Waals surface area contributed by atoms with Gasteiger partial charge in [0, 0.05) is 56.5 Å². The number of anilines is 1. The number of ether oxygens (including phenoxy) is 1. The molecule has 2 aromatic carbocycles. The van der Waals surface area contributed by atoms with Crippen LogP contribution in [0.2, 0.25) is 5.02 Å². The van der Waals surface area contributed by atoms with Crippen LogP contribution < -0.4 is 4.90 Å². The Morgan fingerprint density at radius 3 is 2.37 bits per heavy atom. The molecule has 3 heterocycles. The van der Waals surface area contributed by atoms with E-state index in [2.05, 4.69) is 10.3 Å². The van der Waals surface area contributed by atoms with Crippen LogP contribution in [0, 0.1) is 0 Å². The lowest BCUT2D eigenvalue weighted by molar-refractivity contribution is -0.00202. The fraction of sp³-hybridized carbons (Fsp3) is 0.360. The summed E-state index contributed by atoms with van der Waals surface area (Å²) in [6, 6.07) is 15.1. The lowest BCUT2D eigenvalue weighted by Gasteiger charge is -2.34. The number of piperazine rings is 1. The Balaban J connectivity index is 1.22. The van der Waals surface area contributed by atoms with Gasteiger partial charge in [0.1, 0.15) is 6.10 Å². The van der Waals surface area contributed by atoms with E-state index in [0.29, 0.717) is 54.7 Å². The molecule has 10 heteroatoms. The van der Waals surface area contributed by atoms with Crippen LogP contribution in [0.3, 0.4) is 0 Å². The van der Waals surface area contributed by atoms with Crippen LogP contribution in [0.4, 0.5) is 5.69 Å². The summed E-state index contributed by atoms with van der Waals surface area (Å²) in [5.41, 5.74) is 3.62. The number of fused-ring (bicyclic) bond motifs is 1. The first-order valence-corrected chi connectivity index (χ1v) is 11.9. The number of aromatic nitrogens is 3. The zero-order chi connectivity index (χ0) is 24.5. The highest BCUT2D eigenvalue weighted by Gasteiger charge is 2.32. The standard InChI is InChI=1S/C25H27ClN6O3/c1-29(2)20-5-3-4-18(14-20)24(33)30-10-12-31(13-11-30)25(34)23-21-16-35-22(15-32(21)28-27-23)17-6-8-19(26)9-7-17/h3-9,14,22H,10-13,15-16H2,1-2H3. The van der Waals surface area contributed by atoms with E-state index in [1.807, 2.05) is 67.5 Å². The predicted molar refractivity (Wildman–Crippen MR) is 132 cm³/mol. The van der Waals surface area contributed by atoms with Gasteiger partial charge in [-0.3, -0.25) is 9.59 Å². The van der Waals surface area contributed by atoms with Gasteiger partial charge < -0.3 is 19.4 Å². The topological polar surface area (TPSA) is 83.8 Å². The molecule has 1 aromatic heterocycles. The van der Waals surface area contributed by atoms with Gasteiger partial charge in [-0.1, -0.05) is 35.0 Å². The number of halogens is 1. The zero-order valence-electron chi connectivity index (χ0n) is 19.7. The van der Waals surface area contributed by atoms with E-state index in [1.165, 1.54) is 0 Å². The molecule has 35 heavy (non-hydrogen) atoms. The third-order valence-electron chi connectivity index (χ3n) is 6.51. The van der Waals surface area contributed by atoms with Crippen LogP contribution in [-0.4, -0.2) is 76.9 Å². The fourth-order valence-electron chi connectivity index (χ4n) is 4.42. The molecule has 3 aromatic rings. The first kappa shape index (κ1) is 23.3. The van der Waals surface area contributed by atoms with E-state index in [0.717, 1.165) is 11.3 Å². The van der Waals surface area contributed by atoms with Crippen LogP contribution >= 0.6 is 11.6 Å². The number of hydrogen-bond donors (Lipinski definition) is 0. The number of benzene rings is 2. The van der Waals surface area contributed by atoms with Gasteiger partial charge in [-0.25, -0.2) is 4.68 Å². The quantitative estimate of drug-likeness (QED) is 0.554. The van der Waals surface area contributed by atoms with Gasteiger partial charge >= 0.3 is 0 Å². The lowest BCUT2D eigenvalue weighted by Crippen LogP contribution is -2.50. The van der Waals surface area contributed by atoms with Crippen LogP contribution in [0.1, 0.15) is 38.2 Å². The second kappa shape index (κ2) is 9.67. The normalized spacial score (nSPS) is 17.7. The summed E-state index contributed by atoms with van der Waals surface area (Å²) in [7, 11) is 3.89. The Bertz CT molecular complexity index is 1230. The SMILES string of the molecule is CN(C)c1cccc(C(=O)N2CCN(C(=O)c3nnn4c3COC(c3ccc(Cl)cc3)C4)CC2)c1. The molecular formula is C25H27ClN6O3. The largest absolute Gasteiger partial charge is 0.378 e. The van der Waals surface area contributed by atoms with Crippen LogP contribution in [0.15, 0.2) is 48.5 Å². The maximum absolute atomic E-state index is 13.2. The van der Waals surface area contributed by atoms with Crippen molar-refractivity contribution >= 4 is 29.1 Å². The molecule has 2 aliphatic heterocycles. The molecule has 1 unspecified atom stereocenters. The summed E-state index contributed by atoms with van der Waals surface area (Å²) in [5, 5.41) is 9.06. The Kier molecular flexibility index (Phi) is 6.44. The van der Waals surface area contributed by atoms with E-state index in [4.69, 9.17) is 16.3 Å². The molecule has 1 fully saturated rings. The molecule has 2 aliphatic rings. The van der Waals surface area contributed by atoms with Gasteiger partial charge in [-0.05, 0) is 35.9 Å². The van der Waals surface area contributed by atoms with E-state index >= 15 is 0 Å². The Morgan fingerprint density at radius 2 is 1.69 bits per heavy atom. The fourth-order valence-corrected chi connectivity index (χ4v) is 4.54. The summed E-state index contributed by atoms with van der Waals surface area (Å²) in [4.78, 5) is 31.7. The number of carbonyl (C=O) groups is 2. The van der Waals surface area contributed by atoms with Crippen molar-refractivity contribution in [1.29, 1.82) is 0 Å². The third kappa shape index (κ3) is 4.74. The van der Waals surface area contributed by atoms with Crippen molar-refractivity contribution in [3.63, 3.8) is 0 Å². The number of hydrogen-bond acceptors (Lipinski definition) is 6. The van der Waals surface area contributed by atoms with Crippen LogP contribution in [0.5, 0.6) is 0 Å². The highest BCUT2D eigenvalue weighted by atomic mass is 35.5. The number of nitrogens with zero attached hydrogens (tertiary/aromatic N) is 6. The Hall–Kier alpha value is -3.43. The Morgan fingerprint density at radius 1 is 1.00 bits per heavy atom. The minimum atomic E-state index is -0.179. The number of amides is 2. The van der Waals surface area contributed by atoms with Crippen molar-refractivity contribution in [2.24, 2.45) is 0 Å².